The molecule has 1 aromatic heterocycles. The normalized spacial score (nSPS) is 8.50. The van der Waals surface area contributed by atoms with Crippen molar-refractivity contribution < 1.29 is 0 Å². The Kier molecular flexibility index (Phi) is 3.15. The largest absolute Gasteiger partial charge is 0.399 e. The third-order valence-corrected chi connectivity index (χ3v) is 0.996. The zero-order chi connectivity index (χ0) is 6.85. The lowest BCUT2D eigenvalue weighted by atomic mass is 10.3. The Labute approximate surface area is 70.2 Å². The van der Waals surface area contributed by atoms with Crippen LogP contribution in [0.5, 0.6) is 0 Å². The van der Waals surface area contributed by atoms with E-state index in [4.69, 9.17) is 11.5 Å². The minimum absolute atomic E-state index is 0. The minimum Gasteiger partial charge on any atom is -0.399 e. The molecule has 1 rings (SSSR count). The molecule has 0 aliphatic carbocycles. The molecule has 4 N–H and O–H groups in total. The van der Waals surface area contributed by atoms with E-state index in [-0.39, 0.29) is 17.0 Å². The third-order valence-electron chi connectivity index (χ3n) is 0.996. The molecule has 0 atom stereocenters. The van der Waals surface area contributed by atoms with Crippen molar-refractivity contribution in [1.29, 1.82) is 0 Å². The van der Waals surface area contributed by atoms with Crippen LogP contribution < -0.4 is 11.5 Å². The van der Waals surface area contributed by atoms with E-state index in [0.717, 1.165) is 5.69 Å². The summed E-state index contributed by atoms with van der Waals surface area (Å²) in [5, 5.41) is 0. The molecule has 0 bridgehead atoms. The van der Waals surface area contributed by atoms with E-state index >= 15 is 0 Å². The van der Waals surface area contributed by atoms with E-state index in [1.54, 1.807) is 12.1 Å². The molecule has 1 heterocycles. The molecule has 4 heteroatoms. The van der Waals surface area contributed by atoms with Crippen molar-refractivity contribution in [3.8, 4) is 0 Å². The van der Waals surface area contributed by atoms with Gasteiger partial charge in [0.15, 0.2) is 0 Å². The summed E-state index contributed by atoms with van der Waals surface area (Å²) in [5.74, 6) is 0.479. The summed E-state index contributed by atoms with van der Waals surface area (Å²) in [6, 6.07) is 3.41. The van der Waals surface area contributed by atoms with Crippen LogP contribution in [-0.4, -0.2) is 4.98 Å². The average Bonchev–Trinajstić information content (AvgIpc) is 1.59. The van der Waals surface area contributed by atoms with E-state index in [2.05, 4.69) is 4.98 Å². The minimum atomic E-state index is 0. The number of aromatic nitrogens is 1. The fourth-order valence-electron chi connectivity index (χ4n) is 0.722. The molecule has 56 valence electrons. The molecule has 0 aliphatic heterocycles. The van der Waals surface area contributed by atoms with Gasteiger partial charge in [-0.25, -0.2) is 4.98 Å². The zero-order valence-corrected chi connectivity index (χ0v) is 7.38. The molecule has 10 heavy (non-hydrogen) atoms. The second-order valence-corrected chi connectivity index (χ2v) is 1.97. The fraction of sp³-hybridized carbons (Fsp3) is 0.167. The lowest BCUT2D eigenvalue weighted by molar-refractivity contribution is 1.21. The molecule has 3 nitrogen and oxygen atoms in total. The van der Waals surface area contributed by atoms with Crippen molar-refractivity contribution in [2.75, 3.05) is 11.5 Å². The lowest BCUT2D eigenvalue weighted by Crippen LogP contribution is -1.94. The number of halogens is 1. The Morgan fingerprint density at radius 3 is 2.30 bits per heavy atom. The first-order valence-electron chi connectivity index (χ1n) is 2.68. The van der Waals surface area contributed by atoms with Gasteiger partial charge in [-0.3, -0.25) is 0 Å². The highest BCUT2D eigenvalue weighted by atomic mass is 79.9. The SMILES string of the molecule is Br.Cc1cc(N)cc(N)n1. The van der Waals surface area contributed by atoms with Gasteiger partial charge in [-0.05, 0) is 13.0 Å². The van der Waals surface area contributed by atoms with Gasteiger partial charge in [0.05, 0.1) is 0 Å². The molecule has 1 aromatic rings. The van der Waals surface area contributed by atoms with E-state index in [1.807, 2.05) is 6.92 Å². The van der Waals surface area contributed by atoms with Crippen LogP contribution >= 0.6 is 17.0 Å². The molecule has 0 aliphatic rings. The molecular formula is C6H10BrN3. The Morgan fingerprint density at radius 1 is 1.30 bits per heavy atom. The smallest absolute Gasteiger partial charge is 0.125 e. The summed E-state index contributed by atoms with van der Waals surface area (Å²) in [5.41, 5.74) is 12.3. The number of nitrogens with zero attached hydrogens (tertiary/aromatic N) is 1. The highest BCUT2D eigenvalue weighted by molar-refractivity contribution is 8.93. The van der Waals surface area contributed by atoms with Gasteiger partial charge in [-0.15, -0.1) is 17.0 Å². The maximum atomic E-state index is 5.44. The van der Waals surface area contributed by atoms with Gasteiger partial charge in [0.1, 0.15) is 5.82 Å². The zero-order valence-electron chi connectivity index (χ0n) is 5.66. The maximum Gasteiger partial charge on any atom is 0.125 e. The predicted molar refractivity (Wildman–Crippen MR) is 48.1 cm³/mol. The van der Waals surface area contributed by atoms with Gasteiger partial charge in [-0.1, -0.05) is 0 Å². The Bertz CT molecular complexity index is 174. The Hall–Kier alpha value is -0.770. The van der Waals surface area contributed by atoms with Crippen LogP contribution in [0.1, 0.15) is 5.69 Å². The van der Waals surface area contributed by atoms with E-state index in [9.17, 15) is 0 Å². The highest BCUT2D eigenvalue weighted by Gasteiger charge is 1.89. The molecule has 0 unspecified atom stereocenters. The molecule has 0 fully saturated rings. The number of aryl methyl sites for hydroxylation is 1. The first-order chi connectivity index (χ1) is 4.18. The third kappa shape index (κ3) is 2.23. The summed E-state index contributed by atoms with van der Waals surface area (Å²) in [6.07, 6.45) is 0. The van der Waals surface area contributed by atoms with Crippen molar-refractivity contribution in [3.05, 3.63) is 17.8 Å². The van der Waals surface area contributed by atoms with Crippen molar-refractivity contribution in [3.63, 3.8) is 0 Å². The Morgan fingerprint density at radius 2 is 1.90 bits per heavy atom. The van der Waals surface area contributed by atoms with E-state index in [1.165, 1.54) is 0 Å². The number of anilines is 2. The number of pyridine rings is 1. The first-order valence-corrected chi connectivity index (χ1v) is 2.68. The van der Waals surface area contributed by atoms with Gasteiger partial charge < -0.3 is 11.5 Å². The predicted octanol–water partition coefficient (Wildman–Crippen LogP) is 1.13. The standard InChI is InChI=1S/C6H9N3.BrH/c1-4-2-5(7)3-6(8)9-4;/h2-3H,1H3,(H4,7,8,9);1H. The van der Waals surface area contributed by atoms with Crippen molar-refractivity contribution in [2.24, 2.45) is 0 Å². The number of nitrogens with two attached hydrogens (primary N) is 2. The summed E-state index contributed by atoms with van der Waals surface area (Å²) >= 11 is 0. The molecule has 0 spiro atoms. The monoisotopic (exact) mass is 203 g/mol. The summed E-state index contributed by atoms with van der Waals surface area (Å²) in [6.45, 7) is 1.85. The number of rotatable bonds is 0. The quantitative estimate of drug-likeness (QED) is 0.665. The molecule has 0 amide bonds. The molecule has 0 aromatic carbocycles. The lowest BCUT2D eigenvalue weighted by Gasteiger charge is -1.96. The summed E-state index contributed by atoms with van der Waals surface area (Å²) in [7, 11) is 0. The second-order valence-electron chi connectivity index (χ2n) is 1.97. The maximum absolute atomic E-state index is 5.44. The van der Waals surface area contributed by atoms with Crippen LogP contribution in [0.3, 0.4) is 0 Å². The van der Waals surface area contributed by atoms with Crippen LogP contribution in [-0.2, 0) is 0 Å². The van der Waals surface area contributed by atoms with Crippen molar-refractivity contribution in [1.82, 2.24) is 4.98 Å². The van der Waals surface area contributed by atoms with E-state index < -0.39 is 0 Å². The second kappa shape index (κ2) is 3.41. The molecule has 0 saturated carbocycles. The first kappa shape index (κ1) is 9.23. The van der Waals surface area contributed by atoms with Gasteiger partial charge in [0.25, 0.3) is 0 Å². The van der Waals surface area contributed by atoms with Crippen molar-refractivity contribution in [2.45, 2.75) is 6.92 Å². The van der Waals surface area contributed by atoms with Crippen LogP contribution in [0.4, 0.5) is 11.5 Å². The van der Waals surface area contributed by atoms with Gasteiger partial charge in [-0.2, -0.15) is 0 Å². The number of nitrogen functional groups attached to an aromatic ring is 2. The summed E-state index contributed by atoms with van der Waals surface area (Å²) < 4.78 is 0. The summed E-state index contributed by atoms with van der Waals surface area (Å²) in [4.78, 5) is 3.93. The van der Waals surface area contributed by atoms with Gasteiger partial charge in [0, 0.05) is 17.4 Å². The van der Waals surface area contributed by atoms with Crippen LogP contribution in [0.2, 0.25) is 0 Å². The number of hydrogen-bond donors (Lipinski definition) is 2. The highest BCUT2D eigenvalue weighted by Crippen LogP contribution is 2.06. The van der Waals surface area contributed by atoms with E-state index in [0.29, 0.717) is 11.5 Å². The van der Waals surface area contributed by atoms with Crippen LogP contribution in [0.15, 0.2) is 12.1 Å². The molecule has 0 radical (unpaired) electrons. The molecular weight excluding hydrogens is 194 g/mol. The average molecular weight is 204 g/mol. The Balaban J connectivity index is 0.000000810. The van der Waals surface area contributed by atoms with Crippen LogP contribution in [0.25, 0.3) is 0 Å². The fourth-order valence-corrected chi connectivity index (χ4v) is 0.722. The van der Waals surface area contributed by atoms with Crippen LogP contribution in [0, 0.1) is 6.92 Å². The van der Waals surface area contributed by atoms with Crippen molar-refractivity contribution >= 4 is 28.5 Å². The topological polar surface area (TPSA) is 64.9 Å². The van der Waals surface area contributed by atoms with Gasteiger partial charge in [0.2, 0.25) is 0 Å². The number of hydrogen-bond acceptors (Lipinski definition) is 3. The van der Waals surface area contributed by atoms with Gasteiger partial charge >= 0.3 is 0 Å². The molecule has 0 saturated heterocycles.